The van der Waals surface area contributed by atoms with E-state index >= 15 is 0 Å². The van der Waals surface area contributed by atoms with Crippen molar-refractivity contribution in [3.63, 3.8) is 0 Å². The molecule has 0 bridgehead atoms. The van der Waals surface area contributed by atoms with E-state index in [0.29, 0.717) is 11.5 Å². The molecule has 0 heterocycles. The molecule has 2 aromatic carbocycles. The van der Waals surface area contributed by atoms with Crippen LogP contribution in [0.5, 0.6) is 0 Å². The van der Waals surface area contributed by atoms with Crippen molar-refractivity contribution in [2.24, 2.45) is 10.7 Å². The number of thioether (sulfide) groups is 1. The fourth-order valence-corrected chi connectivity index (χ4v) is 2.84. The van der Waals surface area contributed by atoms with Crippen molar-refractivity contribution in [1.82, 2.24) is 0 Å². The zero-order chi connectivity index (χ0) is 15.5. The van der Waals surface area contributed by atoms with Crippen molar-refractivity contribution in [2.75, 3.05) is 12.5 Å². The second-order valence-corrected chi connectivity index (χ2v) is 7.39. The summed E-state index contributed by atoms with van der Waals surface area (Å²) < 4.78 is 22.8. The van der Waals surface area contributed by atoms with E-state index < -0.39 is 9.84 Å². The third-order valence-corrected chi connectivity index (χ3v) is 4.73. The molecule has 6 heteroatoms. The number of hydrogen-bond donors (Lipinski definition) is 1. The minimum atomic E-state index is -3.19. The number of amidine groups is 1. The average molecular weight is 320 g/mol. The lowest BCUT2D eigenvalue weighted by molar-refractivity contribution is 0.602. The number of nitrogens with two attached hydrogens (primary N) is 1. The third kappa shape index (κ3) is 4.09. The van der Waals surface area contributed by atoms with Crippen LogP contribution >= 0.6 is 11.8 Å². The van der Waals surface area contributed by atoms with E-state index in [-0.39, 0.29) is 4.90 Å². The van der Waals surface area contributed by atoms with Crippen molar-refractivity contribution in [2.45, 2.75) is 9.79 Å². The van der Waals surface area contributed by atoms with E-state index in [1.54, 1.807) is 23.9 Å². The number of nitrogens with zero attached hydrogens (tertiary/aromatic N) is 1. The molecule has 0 aliphatic heterocycles. The first kappa shape index (κ1) is 15.6. The van der Waals surface area contributed by atoms with E-state index in [2.05, 4.69) is 4.99 Å². The molecule has 110 valence electrons. The number of sulfone groups is 1. The summed E-state index contributed by atoms with van der Waals surface area (Å²) in [6, 6.07) is 14.1. The maximum Gasteiger partial charge on any atom is 0.175 e. The van der Waals surface area contributed by atoms with Gasteiger partial charge in [-0.15, -0.1) is 11.8 Å². The standard InChI is InChI=1S/C15H16N2O2S2/c1-20-13-5-3-4-11(10-13)15(16)17-12-6-8-14(9-7-12)21(2,18)19/h3-10H,1-2H3,(H2,16,17). The highest BCUT2D eigenvalue weighted by molar-refractivity contribution is 7.98. The summed E-state index contributed by atoms with van der Waals surface area (Å²) in [5, 5.41) is 0. The molecule has 0 spiro atoms. The summed E-state index contributed by atoms with van der Waals surface area (Å²) >= 11 is 1.63. The van der Waals surface area contributed by atoms with Gasteiger partial charge in [0.2, 0.25) is 0 Å². The fourth-order valence-electron chi connectivity index (χ4n) is 1.75. The highest BCUT2D eigenvalue weighted by Gasteiger charge is 2.06. The van der Waals surface area contributed by atoms with Crippen LogP contribution in [0.15, 0.2) is 63.3 Å². The number of rotatable bonds is 4. The van der Waals surface area contributed by atoms with Crippen molar-refractivity contribution in [1.29, 1.82) is 0 Å². The minimum Gasteiger partial charge on any atom is -0.383 e. The van der Waals surface area contributed by atoms with Crippen molar-refractivity contribution < 1.29 is 8.42 Å². The molecule has 0 aliphatic carbocycles. The first-order valence-corrected chi connectivity index (χ1v) is 9.30. The summed E-state index contributed by atoms with van der Waals surface area (Å²) in [6.45, 7) is 0. The molecular formula is C15H16N2O2S2. The summed E-state index contributed by atoms with van der Waals surface area (Å²) in [4.78, 5) is 5.70. The number of aliphatic imine (C=N–C) groups is 1. The molecule has 0 fully saturated rings. The van der Waals surface area contributed by atoms with Gasteiger partial charge in [-0.2, -0.15) is 0 Å². The van der Waals surface area contributed by atoms with Gasteiger partial charge in [-0.3, -0.25) is 0 Å². The molecule has 0 aliphatic rings. The molecule has 0 saturated heterocycles. The molecule has 0 atom stereocenters. The summed E-state index contributed by atoms with van der Waals surface area (Å²) in [7, 11) is -3.19. The van der Waals surface area contributed by atoms with Gasteiger partial charge in [0.25, 0.3) is 0 Å². The van der Waals surface area contributed by atoms with E-state index in [0.717, 1.165) is 10.5 Å². The molecule has 4 nitrogen and oxygen atoms in total. The van der Waals surface area contributed by atoms with Crippen molar-refractivity contribution in [3.05, 3.63) is 54.1 Å². The number of hydrogen-bond acceptors (Lipinski definition) is 4. The Balaban J connectivity index is 2.30. The van der Waals surface area contributed by atoms with E-state index in [9.17, 15) is 8.42 Å². The summed E-state index contributed by atoms with van der Waals surface area (Å²) in [5.41, 5.74) is 7.46. The maximum atomic E-state index is 11.4. The summed E-state index contributed by atoms with van der Waals surface area (Å²) in [6.07, 6.45) is 3.17. The van der Waals surface area contributed by atoms with Crippen molar-refractivity contribution in [3.8, 4) is 0 Å². The second-order valence-electron chi connectivity index (χ2n) is 4.50. The molecular weight excluding hydrogens is 304 g/mol. The predicted molar refractivity (Wildman–Crippen MR) is 88.2 cm³/mol. The molecule has 0 aromatic heterocycles. The van der Waals surface area contributed by atoms with Crippen LogP contribution in [0.25, 0.3) is 0 Å². The molecule has 0 unspecified atom stereocenters. The molecule has 0 radical (unpaired) electrons. The van der Waals surface area contributed by atoms with Gasteiger partial charge in [-0.1, -0.05) is 12.1 Å². The lowest BCUT2D eigenvalue weighted by atomic mass is 10.2. The molecule has 2 aromatic rings. The van der Waals surface area contributed by atoms with Crippen LogP contribution in [0.2, 0.25) is 0 Å². The van der Waals surface area contributed by atoms with Gasteiger partial charge >= 0.3 is 0 Å². The van der Waals surface area contributed by atoms with Crippen LogP contribution in [0.1, 0.15) is 5.56 Å². The van der Waals surface area contributed by atoms with Crippen molar-refractivity contribution >= 4 is 33.1 Å². The summed E-state index contributed by atoms with van der Waals surface area (Å²) in [5.74, 6) is 0.401. The van der Waals surface area contributed by atoms with Gasteiger partial charge < -0.3 is 5.73 Å². The van der Waals surface area contributed by atoms with Crippen LogP contribution in [-0.2, 0) is 9.84 Å². The molecule has 0 saturated carbocycles. The van der Waals surface area contributed by atoms with Gasteiger partial charge in [0, 0.05) is 16.7 Å². The Hall–Kier alpha value is -1.79. The Kier molecular flexibility index (Phi) is 4.69. The van der Waals surface area contributed by atoms with E-state index in [1.165, 1.54) is 18.4 Å². The lowest BCUT2D eigenvalue weighted by Gasteiger charge is -2.04. The van der Waals surface area contributed by atoms with Gasteiger partial charge in [-0.25, -0.2) is 13.4 Å². The average Bonchev–Trinajstić information content (AvgIpc) is 2.47. The van der Waals surface area contributed by atoms with Crippen LogP contribution in [-0.4, -0.2) is 26.8 Å². The van der Waals surface area contributed by atoms with Gasteiger partial charge in [0.15, 0.2) is 9.84 Å². The molecule has 0 amide bonds. The monoisotopic (exact) mass is 320 g/mol. The Bertz CT molecular complexity index is 767. The number of benzene rings is 2. The van der Waals surface area contributed by atoms with Gasteiger partial charge in [0.1, 0.15) is 5.84 Å². The van der Waals surface area contributed by atoms with Crippen LogP contribution < -0.4 is 5.73 Å². The zero-order valence-corrected chi connectivity index (χ0v) is 13.4. The van der Waals surface area contributed by atoms with Gasteiger partial charge in [0.05, 0.1) is 10.6 Å². The Morgan fingerprint density at radius 2 is 1.81 bits per heavy atom. The molecule has 2 N–H and O–H groups in total. The predicted octanol–water partition coefficient (Wildman–Crippen LogP) is 2.85. The third-order valence-electron chi connectivity index (χ3n) is 2.88. The molecule has 2 rings (SSSR count). The SMILES string of the molecule is CSc1cccc(C(N)=Nc2ccc(S(C)(=O)=O)cc2)c1. The van der Waals surface area contributed by atoms with Crippen LogP contribution in [0, 0.1) is 0 Å². The first-order valence-electron chi connectivity index (χ1n) is 6.19. The van der Waals surface area contributed by atoms with Crippen LogP contribution in [0.3, 0.4) is 0 Å². The molecule has 21 heavy (non-hydrogen) atoms. The first-order chi connectivity index (χ1) is 9.90. The Morgan fingerprint density at radius 3 is 2.38 bits per heavy atom. The van der Waals surface area contributed by atoms with Crippen LogP contribution in [0.4, 0.5) is 5.69 Å². The van der Waals surface area contributed by atoms with Gasteiger partial charge in [-0.05, 0) is 42.7 Å². The fraction of sp³-hybridized carbons (Fsp3) is 0.133. The largest absolute Gasteiger partial charge is 0.383 e. The minimum absolute atomic E-state index is 0.268. The second kappa shape index (κ2) is 6.32. The van der Waals surface area contributed by atoms with E-state index in [1.807, 2.05) is 30.5 Å². The Morgan fingerprint density at radius 1 is 1.14 bits per heavy atom. The normalized spacial score (nSPS) is 12.4. The Labute approximate surface area is 129 Å². The maximum absolute atomic E-state index is 11.4. The smallest absolute Gasteiger partial charge is 0.175 e. The highest BCUT2D eigenvalue weighted by Crippen LogP contribution is 2.19. The quantitative estimate of drug-likeness (QED) is 0.534. The van der Waals surface area contributed by atoms with E-state index in [4.69, 9.17) is 5.73 Å². The highest BCUT2D eigenvalue weighted by atomic mass is 32.2. The lowest BCUT2D eigenvalue weighted by Crippen LogP contribution is -2.12. The zero-order valence-electron chi connectivity index (χ0n) is 11.8. The topological polar surface area (TPSA) is 72.5 Å².